The van der Waals surface area contributed by atoms with E-state index in [2.05, 4.69) is 15.3 Å². The lowest BCUT2D eigenvalue weighted by molar-refractivity contribution is -0.113. The molecule has 23 heavy (non-hydrogen) atoms. The third kappa shape index (κ3) is 4.52. The second-order valence-electron chi connectivity index (χ2n) is 4.58. The molecule has 0 radical (unpaired) electrons. The van der Waals surface area contributed by atoms with E-state index in [-0.39, 0.29) is 11.7 Å². The SMILES string of the molecule is CCOC(=O)c1c(NC(=O)CSc2ncccn2)sc(C)c1C. The highest BCUT2D eigenvalue weighted by Crippen LogP contribution is 2.33. The first-order chi connectivity index (χ1) is 11.0. The number of carbonyl (C=O) groups is 2. The minimum Gasteiger partial charge on any atom is -0.462 e. The third-order valence-electron chi connectivity index (χ3n) is 2.99. The average molecular weight is 351 g/mol. The van der Waals surface area contributed by atoms with E-state index < -0.39 is 5.97 Å². The lowest BCUT2D eigenvalue weighted by Crippen LogP contribution is -2.16. The van der Waals surface area contributed by atoms with E-state index in [1.54, 1.807) is 25.4 Å². The first-order valence-electron chi connectivity index (χ1n) is 6.99. The van der Waals surface area contributed by atoms with E-state index in [4.69, 9.17) is 4.74 Å². The predicted octanol–water partition coefficient (Wildman–Crippen LogP) is 3.06. The van der Waals surface area contributed by atoms with Gasteiger partial charge >= 0.3 is 5.97 Å². The second kappa shape index (κ2) is 8.07. The van der Waals surface area contributed by atoms with Crippen LogP contribution >= 0.6 is 23.1 Å². The molecule has 0 spiro atoms. The molecule has 6 nitrogen and oxygen atoms in total. The number of carbonyl (C=O) groups excluding carboxylic acids is 2. The first-order valence-corrected chi connectivity index (χ1v) is 8.80. The maximum absolute atomic E-state index is 12.1. The number of nitrogens with one attached hydrogen (secondary N) is 1. The predicted molar refractivity (Wildman–Crippen MR) is 91.1 cm³/mol. The van der Waals surface area contributed by atoms with Crippen molar-refractivity contribution in [2.75, 3.05) is 17.7 Å². The number of thioether (sulfide) groups is 1. The Kier molecular flexibility index (Phi) is 6.12. The fraction of sp³-hybridized carbons (Fsp3) is 0.333. The molecule has 0 saturated heterocycles. The zero-order valence-electron chi connectivity index (χ0n) is 13.1. The normalized spacial score (nSPS) is 10.4. The van der Waals surface area contributed by atoms with Crippen molar-refractivity contribution in [2.24, 2.45) is 0 Å². The van der Waals surface area contributed by atoms with Gasteiger partial charge in [0.25, 0.3) is 0 Å². The molecule has 0 aromatic carbocycles. The summed E-state index contributed by atoms with van der Waals surface area (Å²) in [5.41, 5.74) is 1.27. The van der Waals surface area contributed by atoms with Crippen LogP contribution in [-0.2, 0) is 9.53 Å². The maximum Gasteiger partial charge on any atom is 0.341 e. The molecule has 2 aromatic heterocycles. The standard InChI is InChI=1S/C15H17N3O3S2/c1-4-21-14(20)12-9(2)10(3)23-13(12)18-11(19)8-22-15-16-6-5-7-17-15/h5-7H,4,8H2,1-3H3,(H,18,19). The fourth-order valence-corrected chi connectivity index (χ4v) is 3.48. The molecule has 8 heteroatoms. The van der Waals surface area contributed by atoms with E-state index in [0.29, 0.717) is 22.3 Å². The van der Waals surface area contributed by atoms with Gasteiger partial charge in [-0.15, -0.1) is 11.3 Å². The number of amides is 1. The van der Waals surface area contributed by atoms with Gasteiger partial charge in [0.2, 0.25) is 5.91 Å². The van der Waals surface area contributed by atoms with Gasteiger partial charge in [-0.05, 0) is 32.4 Å². The van der Waals surface area contributed by atoms with Crippen molar-refractivity contribution in [2.45, 2.75) is 25.9 Å². The maximum atomic E-state index is 12.1. The highest BCUT2D eigenvalue weighted by molar-refractivity contribution is 7.99. The molecule has 2 rings (SSSR count). The summed E-state index contributed by atoms with van der Waals surface area (Å²) in [4.78, 5) is 33.2. The Bertz CT molecular complexity index is 701. The number of thiophene rings is 1. The van der Waals surface area contributed by atoms with Gasteiger partial charge in [-0.2, -0.15) is 0 Å². The first kappa shape index (κ1) is 17.4. The molecule has 0 bridgehead atoms. The lowest BCUT2D eigenvalue weighted by Gasteiger charge is -2.06. The van der Waals surface area contributed by atoms with Crippen LogP contribution in [0.15, 0.2) is 23.6 Å². The zero-order valence-corrected chi connectivity index (χ0v) is 14.7. The molecule has 1 N–H and O–H groups in total. The van der Waals surface area contributed by atoms with E-state index in [1.165, 1.54) is 23.1 Å². The molecule has 0 saturated carbocycles. The number of nitrogens with zero attached hydrogens (tertiary/aromatic N) is 2. The molecule has 0 unspecified atom stereocenters. The van der Waals surface area contributed by atoms with Crippen LogP contribution in [0.5, 0.6) is 0 Å². The largest absolute Gasteiger partial charge is 0.462 e. The van der Waals surface area contributed by atoms with Crippen LogP contribution in [0.2, 0.25) is 0 Å². The van der Waals surface area contributed by atoms with Crippen LogP contribution in [-0.4, -0.2) is 34.2 Å². The molecule has 0 aliphatic carbocycles. The molecule has 1 amide bonds. The summed E-state index contributed by atoms with van der Waals surface area (Å²) >= 11 is 2.61. The monoisotopic (exact) mass is 351 g/mol. The number of ether oxygens (including phenoxy) is 1. The Labute approximate surface area is 142 Å². The summed E-state index contributed by atoms with van der Waals surface area (Å²) in [5.74, 6) is -0.458. The van der Waals surface area contributed by atoms with Gasteiger partial charge in [0.15, 0.2) is 5.16 Å². The number of aromatic nitrogens is 2. The molecule has 0 fully saturated rings. The molecule has 0 atom stereocenters. The van der Waals surface area contributed by atoms with Gasteiger partial charge in [0.1, 0.15) is 5.00 Å². The molecule has 122 valence electrons. The number of esters is 1. The van der Waals surface area contributed by atoms with Crippen molar-refractivity contribution < 1.29 is 14.3 Å². The van der Waals surface area contributed by atoms with E-state index in [1.807, 2.05) is 13.8 Å². The number of aryl methyl sites for hydroxylation is 1. The Morgan fingerprint density at radius 2 is 2.00 bits per heavy atom. The van der Waals surface area contributed by atoms with Crippen LogP contribution in [0.4, 0.5) is 5.00 Å². The van der Waals surface area contributed by atoms with Gasteiger partial charge in [-0.3, -0.25) is 4.79 Å². The van der Waals surface area contributed by atoms with Crippen molar-refractivity contribution in [1.82, 2.24) is 9.97 Å². The Morgan fingerprint density at radius 3 is 2.65 bits per heavy atom. The van der Waals surface area contributed by atoms with Gasteiger partial charge in [-0.25, -0.2) is 14.8 Å². The molecule has 2 heterocycles. The quantitative estimate of drug-likeness (QED) is 0.489. The van der Waals surface area contributed by atoms with Crippen molar-refractivity contribution in [1.29, 1.82) is 0 Å². The smallest absolute Gasteiger partial charge is 0.341 e. The topological polar surface area (TPSA) is 81.2 Å². The Morgan fingerprint density at radius 1 is 1.30 bits per heavy atom. The lowest BCUT2D eigenvalue weighted by atomic mass is 10.1. The summed E-state index contributed by atoms with van der Waals surface area (Å²) in [7, 11) is 0. The minimum absolute atomic E-state index is 0.169. The average Bonchev–Trinajstić information content (AvgIpc) is 2.81. The highest BCUT2D eigenvalue weighted by Gasteiger charge is 2.22. The fourth-order valence-electron chi connectivity index (χ4n) is 1.82. The van der Waals surface area contributed by atoms with Crippen LogP contribution < -0.4 is 5.32 Å². The minimum atomic E-state index is -0.413. The van der Waals surface area contributed by atoms with Gasteiger partial charge in [0, 0.05) is 17.3 Å². The molecular weight excluding hydrogens is 334 g/mol. The van der Waals surface area contributed by atoms with Crippen molar-refractivity contribution >= 4 is 40.0 Å². The highest BCUT2D eigenvalue weighted by atomic mass is 32.2. The molecule has 2 aromatic rings. The van der Waals surface area contributed by atoms with Gasteiger partial charge < -0.3 is 10.1 Å². The van der Waals surface area contributed by atoms with Crippen molar-refractivity contribution in [3.8, 4) is 0 Å². The number of rotatable bonds is 6. The van der Waals surface area contributed by atoms with Crippen LogP contribution in [0.1, 0.15) is 27.7 Å². The number of hydrogen-bond acceptors (Lipinski definition) is 7. The third-order valence-corrected chi connectivity index (χ3v) is 4.99. The Hall–Kier alpha value is -1.93. The van der Waals surface area contributed by atoms with Crippen LogP contribution in [0.25, 0.3) is 0 Å². The molecule has 0 aliphatic heterocycles. The number of hydrogen-bond donors (Lipinski definition) is 1. The van der Waals surface area contributed by atoms with E-state index in [9.17, 15) is 9.59 Å². The van der Waals surface area contributed by atoms with E-state index >= 15 is 0 Å². The van der Waals surface area contributed by atoms with Gasteiger partial charge in [0.05, 0.1) is 17.9 Å². The van der Waals surface area contributed by atoms with Gasteiger partial charge in [-0.1, -0.05) is 11.8 Å². The molecular formula is C15H17N3O3S2. The summed E-state index contributed by atoms with van der Waals surface area (Å²) in [6, 6.07) is 1.72. The van der Waals surface area contributed by atoms with Crippen LogP contribution in [0, 0.1) is 13.8 Å². The van der Waals surface area contributed by atoms with Crippen LogP contribution in [0.3, 0.4) is 0 Å². The van der Waals surface area contributed by atoms with E-state index in [0.717, 1.165) is 10.4 Å². The van der Waals surface area contributed by atoms with Crippen molar-refractivity contribution in [3.05, 3.63) is 34.5 Å². The zero-order chi connectivity index (χ0) is 16.8. The van der Waals surface area contributed by atoms with Crippen molar-refractivity contribution in [3.63, 3.8) is 0 Å². The summed E-state index contributed by atoms with van der Waals surface area (Å²) in [6.07, 6.45) is 3.25. The molecule has 0 aliphatic rings. The summed E-state index contributed by atoms with van der Waals surface area (Å²) in [5, 5.41) is 3.84. The summed E-state index contributed by atoms with van der Waals surface area (Å²) in [6.45, 7) is 5.80. The summed E-state index contributed by atoms with van der Waals surface area (Å²) < 4.78 is 5.06. The Balaban J connectivity index is 2.06. The number of anilines is 1. The second-order valence-corrected chi connectivity index (χ2v) is 6.74.